The predicted octanol–water partition coefficient (Wildman–Crippen LogP) is 2.81. The third-order valence-corrected chi connectivity index (χ3v) is 4.69. The molecule has 0 saturated heterocycles. The summed E-state index contributed by atoms with van der Waals surface area (Å²) in [5, 5.41) is 12.9. The maximum absolute atomic E-state index is 13.0. The zero-order valence-corrected chi connectivity index (χ0v) is 16.7. The first-order valence-corrected chi connectivity index (χ1v) is 9.68. The molecule has 6 nitrogen and oxygen atoms in total. The van der Waals surface area contributed by atoms with Crippen molar-refractivity contribution in [3.05, 3.63) is 60.2 Å². The van der Waals surface area contributed by atoms with Gasteiger partial charge in [0.25, 0.3) is 12.8 Å². The summed E-state index contributed by atoms with van der Waals surface area (Å²) in [6.07, 6.45) is 5.65. The minimum atomic E-state index is -0.690. The topological polar surface area (TPSA) is 92.2 Å². The quantitative estimate of drug-likeness (QED) is 0.618. The highest BCUT2D eigenvalue weighted by Crippen LogP contribution is 2.25. The van der Waals surface area contributed by atoms with Crippen LogP contribution >= 0.6 is 0 Å². The molecule has 148 valence electrons. The van der Waals surface area contributed by atoms with E-state index in [0.29, 0.717) is 12.3 Å². The van der Waals surface area contributed by atoms with E-state index in [4.69, 9.17) is 0 Å². The monoisotopic (exact) mass is 381 g/mol. The van der Waals surface area contributed by atoms with Crippen molar-refractivity contribution < 1.29 is 14.6 Å². The first kappa shape index (κ1) is 21.8. The lowest BCUT2D eigenvalue weighted by molar-refractivity contribution is -0.121. The molecule has 7 heteroatoms. The summed E-state index contributed by atoms with van der Waals surface area (Å²) in [6.45, 7) is 5.26. The molecule has 0 bridgehead atoms. The third-order valence-electron chi connectivity index (χ3n) is 4.69. The number of aromatic nitrogens is 2. The van der Waals surface area contributed by atoms with Gasteiger partial charge in [-0.1, -0.05) is 57.4 Å². The van der Waals surface area contributed by atoms with E-state index >= 15 is 0 Å². The van der Waals surface area contributed by atoms with E-state index < -0.39 is 18.9 Å². The number of hydrogen-bond acceptors (Lipinski definition) is 5. The molecule has 28 heavy (non-hydrogen) atoms. The molecule has 1 amide bonds. The molecule has 1 aromatic carbocycles. The van der Waals surface area contributed by atoms with Gasteiger partial charge < -0.3 is 10.3 Å². The highest BCUT2D eigenvalue weighted by molar-refractivity contribution is 6.50. The number of hydrogen-bond donors (Lipinski definition) is 2. The van der Waals surface area contributed by atoms with Crippen LogP contribution in [0.5, 0.6) is 0 Å². The Morgan fingerprint density at radius 1 is 1.18 bits per heavy atom. The minimum Gasteiger partial charge on any atom is -0.450 e. The number of benzene rings is 1. The van der Waals surface area contributed by atoms with Crippen molar-refractivity contribution in [1.29, 1.82) is 0 Å². The van der Waals surface area contributed by atoms with Gasteiger partial charge in [0.15, 0.2) is 5.78 Å². The van der Waals surface area contributed by atoms with Gasteiger partial charge in [-0.3, -0.25) is 14.6 Å². The highest BCUT2D eigenvalue weighted by Gasteiger charge is 2.29. The molecule has 0 saturated carbocycles. The Hall–Kier alpha value is -2.54. The standard InChI is InChI=1S/C21H28BN3O3/c1-15(2)11-17(22(3)28)13-20(26)18(12-16-7-5-4-6-8-16)25-21(27)19-14-23-9-10-24-19/h4-10,14-15,17-18,28H,11-13H2,1-3H3,(H,25,27)/t17-,18+/m1/s1. The summed E-state index contributed by atoms with van der Waals surface area (Å²) < 4.78 is 0. The molecule has 0 spiro atoms. The fourth-order valence-corrected chi connectivity index (χ4v) is 3.20. The van der Waals surface area contributed by atoms with Gasteiger partial charge in [-0.25, -0.2) is 4.98 Å². The third kappa shape index (κ3) is 6.89. The van der Waals surface area contributed by atoms with Crippen LogP contribution in [-0.4, -0.2) is 39.6 Å². The molecule has 2 rings (SSSR count). The lowest BCUT2D eigenvalue weighted by Crippen LogP contribution is -2.43. The summed E-state index contributed by atoms with van der Waals surface area (Å²) in [4.78, 5) is 33.5. The molecule has 0 radical (unpaired) electrons. The molecule has 1 heterocycles. The average Bonchev–Trinajstić information content (AvgIpc) is 2.68. The van der Waals surface area contributed by atoms with Crippen LogP contribution < -0.4 is 5.32 Å². The molecule has 2 N–H and O–H groups in total. The van der Waals surface area contributed by atoms with Gasteiger partial charge in [0.2, 0.25) is 0 Å². The predicted molar refractivity (Wildman–Crippen MR) is 110 cm³/mol. The largest absolute Gasteiger partial charge is 0.450 e. The van der Waals surface area contributed by atoms with Crippen molar-refractivity contribution in [3.8, 4) is 0 Å². The molecular formula is C21H28BN3O3. The average molecular weight is 381 g/mol. The van der Waals surface area contributed by atoms with Gasteiger partial charge in [0.1, 0.15) is 5.69 Å². The molecule has 1 aromatic heterocycles. The van der Waals surface area contributed by atoms with Crippen molar-refractivity contribution in [2.75, 3.05) is 0 Å². The van der Waals surface area contributed by atoms with Crippen molar-refractivity contribution in [1.82, 2.24) is 15.3 Å². The van der Waals surface area contributed by atoms with E-state index in [-0.39, 0.29) is 23.7 Å². The van der Waals surface area contributed by atoms with Crippen LogP contribution in [-0.2, 0) is 11.2 Å². The molecule has 0 aliphatic carbocycles. The summed E-state index contributed by atoms with van der Waals surface area (Å²) in [7, 11) is 0. The first-order chi connectivity index (χ1) is 13.4. The molecule has 0 aliphatic heterocycles. The summed E-state index contributed by atoms with van der Waals surface area (Å²) in [5.74, 6) is -0.291. The van der Waals surface area contributed by atoms with Crippen LogP contribution in [0.3, 0.4) is 0 Å². The fraction of sp³-hybridized carbons (Fsp3) is 0.429. The van der Waals surface area contributed by atoms with E-state index in [9.17, 15) is 14.6 Å². The number of ketones is 1. The summed E-state index contributed by atoms with van der Waals surface area (Å²) in [6, 6.07) is 8.87. The summed E-state index contributed by atoms with van der Waals surface area (Å²) in [5.41, 5.74) is 1.13. The SMILES string of the molecule is CB(O)[C@@H](CC(=O)[C@H](Cc1ccccc1)NC(=O)c1cnccn1)CC(C)C. The maximum Gasteiger partial charge on any atom is 0.289 e. The van der Waals surface area contributed by atoms with Crippen molar-refractivity contribution in [2.24, 2.45) is 5.92 Å². The van der Waals surface area contributed by atoms with Crippen molar-refractivity contribution in [2.45, 2.75) is 51.8 Å². The van der Waals surface area contributed by atoms with Crippen LogP contribution in [0.4, 0.5) is 0 Å². The number of amides is 1. The number of carbonyl (C=O) groups excluding carboxylic acids is 2. The van der Waals surface area contributed by atoms with Gasteiger partial charge in [-0.05, 0) is 23.7 Å². The van der Waals surface area contributed by atoms with E-state index in [1.165, 1.54) is 18.6 Å². The first-order valence-electron chi connectivity index (χ1n) is 9.68. The lowest BCUT2D eigenvalue weighted by Gasteiger charge is -2.23. The summed E-state index contributed by atoms with van der Waals surface area (Å²) >= 11 is 0. The second-order valence-electron chi connectivity index (χ2n) is 7.61. The Morgan fingerprint density at radius 3 is 2.46 bits per heavy atom. The van der Waals surface area contributed by atoms with E-state index in [0.717, 1.165) is 12.0 Å². The number of nitrogens with one attached hydrogen (secondary N) is 1. The van der Waals surface area contributed by atoms with Crippen LogP contribution in [0.15, 0.2) is 48.9 Å². The Kier molecular flexibility index (Phi) is 8.32. The van der Waals surface area contributed by atoms with E-state index in [1.807, 2.05) is 30.3 Å². The lowest BCUT2D eigenvalue weighted by atomic mass is 9.54. The minimum absolute atomic E-state index is 0.0901. The smallest absolute Gasteiger partial charge is 0.289 e. The zero-order chi connectivity index (χ0) is 20.5. The van der Waals surface area contributed by atoms with E-state index in [2.05, 4.69) is 29.1 Å². The van der Waals surface area contributed by atoms with Crippen LogP contribution in [0.25, 0.3) is 0 Å². The normalized spacial score (nSPS) is 13.0. The molecule has 0 unspecified atom stereocenters. The second-order valence-corrected chi connectivity index (χ2v) is 7.61. The van der Waals surface area contributed by atoms with Gasteiger partial charge in [-0.15, -0.1) is 0 Å². The Morgan fingerprint density at radius 2 is 1.89 bits per heavy atom. The Bertz CT molecular complexity index is 754. The van der Waals surface area contributed by atoms with Crippen LogP contribution in [0.2, 0.25) is 12.6 Å². The van der Waals surface area contributed by atoms with Crippen molar-refractivity contribution >= 4 is 18.6 Å². The highest BCUT2D eigenvalue weighted by atomic mass is 16.2. The second kappa shape index (κ2) is 10.7. The van der Waals surface area contributed by atoms with Crippen LogP contribution in [0.1, 0.15) is 42.7 Å². The number of Topliss-reactive ketones (excluding diaryl/α,β-unsaturated/α-hetero) is 1. The molecule has 2 atom stereocenters. The number of nitrogens with zero attached hydrogens (tertiary/aromatic N) is 2. The van der Waals surface area contributed by atoms with Gasteiger partial charge in [0.05, 0.1) is 12.2 Å². The van der Waals surface area contributed by atoms with Gasteiger partial charge in [0, 0.05) is 18.8 Å². The fourth-order valence-electron chi connectivity index (χ4n) is 3.20. The van der Waals surface area contributed by atoms with Crippen molar-refractivity contribution in [3.63, 3.8) is 0 Å². The van der Waals surface area contributed by atoms with Gasteiger partial charge in [-0.2, -0.15) is 0 Å². The number of carbonyl (C=O) groups is 2. The zero-order valence-electron chi connectivity index (χ0n) is 16.7. The Balaban J connectivity index is 2.16. The number of rotatable bonds is 10. The van der Waals surface area contributed by atoms with Crippen LogP contribution in [0, 0.1) is 5.92 Å². The molecule has 2 aromatic rings. The maximum atomic E-state index is 13.0. The molecular weight excluding hydrogens is 353 g/mol. The molecule has 0 fully saturated rings. The van der Waals surface area contributed by atoms with E-state index in [1.54, 1.807) is 6.82 Å². The van der Waals surface area contributed by atoms with Gasteiger partial charge >= 0.3 is 0 Å². The molecule has 0 aliphatic rings. The Labute approximate surface area is 166 Å².